The number of rotatable bonds is 1. The van der Waals surface area contributed by atoms with E-state index in [2.05, 4.69) is 15.5 Å². The molecule has 5 heteroatoms. The molecular weight excluding hydrogens is 156 g/mol. The molecule has 5 nitrogen and oxygen atoms in total. The zero-order chi connectivity index (χ0) is 8.55. The number of pyridine rings is 1. The molecule has 0 saturated heterocycles. The first kappa shape index (κ1) is 6.90. The Balaban J connectivity index is 2.82. The van der Waals surface area contributed by atoms with Crippen molar-refractivity contribution in [3.63, 3.8) is 0 Å². The van der Waals surface area contributed by atoms with Gasteiger partial charge in [-0.1, -0.05) is 6.07 Å². The third-order valence-corrected chi connectivity index (χ3v) is 1.58. The predicted octanol–water partition coefficient (Wildman–Crippen LogP) is 0.327. The number of carbonyl (C=O) groups excluding carboxylic acids is 1. The smallest absolute Gasteiger partial charge is 0.180 e. The highest BCUT2D eigenvalue weighted by Gasteiger charge is 2.05. The molecule has 0 saturated carbocycles. The molecule has 0 atom stereocenters. The van der Waals surface area contributed by atoms with E-state index in [1.165, 1.54) is 11.4 Å². The van der Waals surface area contributed by atoms with Crippen molar-refractivity contribution in [3.8, 4) is 0 Å². The summed E-state index contributed by atoms with van der Waals surface area (Å²) >= 11 is 0. The summed E-state index contributed by atoms with van der Waals surface area (Å²) in [5.74, 6) is -0.0482. The topological polar surface area (TPSA) is 60.2 Å². The number of carbonyl (C=O) groups is 1. The molecule has 60 valence electrons. The zero-order valence-electron chi connectivity index (χ0n) is 6.43. The van der Waals surface area contributed by atoms with Gasteiger partial charge >= 0.3 is 0 Å². The molecule has 0 fully saturated rings. The largest absolute Gasteiger partial charge is 0.293 e. The molecule has 0 radical (unpaired) electrons. The minimum Gasteiger partial charge on any atom is -0.293 e. The lowest BCUT2D eigenvalue weighted by Crippen LogP contribution is -2.02. The summed E-state index contributed by atoms with van der Waals surface area (Å²) in [6.07, 6.45) is 0. The minimum absolute atomic E-state index is 0.0482. The van der Waals surface area contributed by atoms with Gasteiger partial charge in [-0.3, -0.25) is 4.79 Å². The molecule has 0 aliphatic rings. The fraction of sp³-hybridized carbons (Fsp3) is 0.143. The molecule has 2 heterocycles. The van der Waals surface area contributed by atoms with Crippen LogP contribution in [0.3, 0.4) is 0 Å². The molecule has 12 heavy (non-hydrogen) atoms. The number of aromatic nitrogens is 4. The summed E-state index contributed by atoms with van der Waals surface area (Å²) in [5.41, 5.74) is 1.08. The van der Waals surface area contributed by atoms with Crippen LogP contribution < -0.4 is 0 Å². The van der Waals surface area contributed by atoms with E-state index in [0.717, 1.165) is 0 Å². The number of ketones is 1. The van der Waals surface area contributed by atoms with Crippen LogP contribution in [-0.4, -0.2) is 25.8 Å². The van der Waals surface area contributed by atoms with Gasteiger partial charge in [-0.25, -0.2) is 0 Å². The highest BCUT2D eigenvalue weighted by Crippen LogP contribution is 2.02. The van der Waals surface area contributed by atoms with Crippen LogP contribution in [0.1, 0.15) is 17.4 Å². The Bertz CT molecular complexity index is 434. The van der Waals surface area contributed by atoms with E-state index >= 15 is 0 Å². The summed E-state index contributed by atoms with van der Waals surface area (Å²) in [5, 5.41) is 10.8. The van der Waals surface area contributed by atoms with Crippen LogP contribution in [-0.2, 0) is 0 Å². The van der Waals surface area contributed by atoms with Gasteiger partial charge in [0.05, 0.1) is 0 Å². The molecule has 0 N–H and O–H groups in total. The van der Waals surface area contributed by atoms with Gasteiger partial charge in [-0.15, -0.1) is 5.10 Å². The number of nitrogens with zero attached hydrogens (tertiary/aromatic N) is 4. The van der Waals surface area contributed by atoms with E-state index in [1.54, 1.807) is 18.2 Å². The first-order valence-corrected chi connectivity index (χ1v) is 3.47. The van der Waals surface area contributed by atoms with Gasteiger partial charge in [-0.2, -0.15) is 4.52 Å². The van der Waals surface area contributed by atoms with Crippen LogP contribution in [0, 0.1) is 0 Å². The summed E-state index contributed by atoms with van der Waals surface area (Å²) < 4.78 is 1.42. The van der Waals surface area contributed by atoms with Gasteiger partial charge in [0.15, 0.2) is 11.4 Å². The number of fused-ring (bicyclic) bond motifs is 1. The van der Waals surface area contributed by atoms with E-state index in [-0.39, 0.29) is 5.78 Å². The Morgan fingerprint density at radius 1 is 1.50 bits per heavy atom. The molecule has 2 aromatic rings. The van der Waals surface area contributed by atoms with Gasteiger partial charge < -0.3 is 0 Å². The predicted molar refractivity (Wildman–Crippen MR) is 40.8 cm³/mol. The maximum absolute atomic E-state index is 11.0. The maximum atomic E-state index is 11.0. The number of tetrazole rings is 1. The van der Waals surface area contributed by atoms with Crippen LogP contribution in [0.15, 0.2) is 18.2 Å². The minimum atomic E-state index is -0.0482. The first-order chi connectivity index (χ1) is 5.79. The van der Waals surface area contributed by atoms with E-state index in [4.69, 9.17) is 0 Å². The molecule has 0 aliphatic carbocycles. The molecule has 0 unspecified atom stereocenters. The summed E-state index contributed by atoms with van der Waals surface area (Å²) in [6, 6.07) is 5.18. The second-order valence-corrected chi connectivity index (χ2v) is 2.42. The number of hydrogen-bond donors (Lipinski definition) is 0. The van der Waals surface area contributed by atoms with Crippen LogP contribution in [0.25, 0.3) is 5.65 Å². The van der Waals surface area contributed by atoms with Gasteiger partial charge in [-0.05, 0) is 22.6 Å². The Morgan fingerprint density at radius 2 is 2.33 bits per heavy atom. The third-order valence-electron chi connectivity index (χ3n) is 1.58. The van der Waals surface area contributed by atoms with Crippen molar-refractivity contribution in [1.82, 2.24) is 20.0 Å². The fourth-order valence-corrected chi connectivity index (χ4v) is 1.03. The molecular formula is C7H6N4O. The zero-order valence-corrected chi connectivity index (χ0v) is 6.43. The molecule has 0 bridgehead atoms. The SMILES string of the molecule is CC(=O)c1cccc2nnnn12. The normalized spacial score (nSPS) is 10.4. The molecule has 2 aromatic heterocycles. The highest BCUT2D eigenvalue weighted by molar-refractivity contribution is 5.92. The van der Waals surface area contributed by atoms with Crippen molar-refractivity contribution in [2.24, 2.45) is 0 Å². The molecule has 0 amide bonds. The maximum Gasteiger partial charge on any atom is 0.180 e. The lowest BCUT2D eigenvalue weighted by molar-refractivity contribution is 0.101. The fourth-order valence-electron chi connectivity index (χ4n) is 1.03. The second-order valence-electron chi connectivity index (χ2n) is 2.42. The van der Waals surface area contributed by atoms with E-state index in [1.807, 2.05) is 0 Å². The standard InChI is InChI=1S/C7H6N4O/c1-5(12)6-3-2-4-7-8-9-10-11(6)7/h2-4H,1H3. The van der Waals surface area contributed by atoms with Crippen molar-refractivity contribution in [2.45, 2.75) is 6.92 Å². The first-order valence-electron chi connectivity index (χ1n) is 3.47. The quantitative estimate of drug-likeness (QED) is 0.567. The van der Waals surface area contributed by atoms with Gasteiger partial charge in [0.1, 0.15) is 5.69 Å². The van der Waals surface area contributed by atoms with Gasteiger partial charge in [0, 0.05) is 6.92 Å². The Labute approximate surface area is 68.0 Å². The summed E-state index contributed by atoms with van der Waals surface area (Å²) in [4.78, 5) is 11.0. The Hall–Kier alpha value is -1.78. The Morgan fingerprint density at radius 3 is 3.08 bits per heavy atom. The van der Waals surface area contributed by atoms with Gasteiger partial charge in [0.2, 0.25) is 0 Å². The van der Waals surface area contributed by atoms with Gasteiger partial charge in [0.25, 0.3) is 0 Å². The molecule has 2 rings (SSSR count). The number of hydrogen-bond acceptors (Lipinski definition) is 4. The van der Waals surface area contributed by atoms with Crippen molar-refractivity contribution >= 4 is 11.4 Å². The average molecular weight is 162 g/mol. The summed E-state index contributed by atoms with van der Waals surface area (Å²) in [7, 11) is 0. The molecule has 0 aliphatic heterocycles. The Kier molecular flexibility index (Phi) is 1.36. The van der Waals surface area contributed by atoms with E-state index in [9.17, 15) is 4.79 Å². The summed E-state index contributed by atoms with van der Waals surface area (Å²) in [6.45, 7) is 1.48. The molecule has 0 aromatic carbocycles. The van der Waals surface area contributed by atoms with E-state index in [0.29, 0.717) is 11.3 Å². The molecule has 0 spiro atoms. The lowest BCUT2D eigenvalue weighted by Gasteiger charge is -1.95. The third kappa shape index (κ3) is 0.868. The monoisotopic (exact) mass is 162 g/mol. The second kappa shape index (κ2) is 2.37. The van der Waals surface area contributed by atoms with Crippen molar-refractivity contribution in [3.05, 3.63) is 23.9 Å². The van der Waals surface area contributed by atoms with Crippen LogP contribution in [0.5, 0.6) is 0 Å². The highest BCUT2D eigenvalue weighted by atomic mass is 16.1. The lowest BCUT2D eigenvalue weighted by atomic mass is 10.3. The van der Waals surface area contributed by atoms with Crippen molar-refractivity contribution < 1.29 is 4.79 Å². The van der Waals surface area contributed by atoms with Crippen LogP contribution >= 0.6 is 0 Å². The van der Waals surface area contributed by atoms with Crippen molar-refractivity contribution in [2.75, 3.05) is 0 Å². The van der Waals surface area contributed by atoms with Crippen LogP contribution in [0.4, 0.5) is 0 Å². The van der Waals surface area contributed by atoms with Crippen LogP contribution in [0.2, 0.25) is 0 Å². The van der Waals surface area contributed by atoms with Crippen molar-refractivity contribution in [1.29, 1.82) is 0 Å². The number of Topliss-reactive ketones (excluding diaryl/α,β-unsaturated/α-hetero) is 1. The van der Waals surface area contributed by atoms with E-state index < -0.39 is 0 Å². The average Bonchev–Trinajstić information content (AvgIpc) is 2.49.